The third-order valence-electron chi connectivity index (χ3n) is 3.00. The fraction of sp³-hybridized carbons (Fsp3) is 0.462. The number of carbonyl (C=O) groups is 1. The van der Waals surface area contributed by atoms with E-state index in [-0.39, 0.29) is 11.8 Å². The number of anilines is 1. The van der Waals surface area contributed by atoms with E-state index in [0.717, 1.165) is 18.8 Å². The van der Waals surface area contributed by atoms with E-state index < -0.39 is 0 Å². The predicted molar refractivity (Wildman–Crippen MR) is 68.9 cm³/mol. The molecule has 1 aromatic rings. The predicted octanol–water partition coefficient (Wildman–Crippen LogP) is 1.67. The maximum Gasteiger partial charge on any atom is 0.409 e. The highest BCUT2D eigenvalue weighted by atomic mass is 16.6. The van der Waals surface area contributed by atoms with Crippen molar-refractivity contribution in [2.75, 3.05) is 37.7 Å². The Kier molecular flexibility index (Phi) is 3.92. The molecule has 0 radical (unpaired) electrons. The molecule has 1 aromatic carbocycles. The lowest BCUT2D eigenvalue weighted by Crippen LogP contribution is -2.48. The molecule has 98 valence electrons. The number of rotatable bonds is 2. The molecular formula is C13H18N2O3. The summed E-state index contributed by atoms with van der Waals surface area (Å²) in [5.41, 5.74) is 0.985. The van der Waals surface area contributed by atoms with Crippen molar-refractivity contribution >= 4 is 11.8 Å². The quantitative estimate of drug-likeness (QED) is 0.867. The zero-order valence-corrected chi connectivity index (χ0v) is 10.5. The van der Waals surface area contributed by atoms with E-state index >= 15 is 0 Å². The Morgan fingerprint density at radius 2 is 2.06 bits per heavy atom. The molecule has 5 heteroatoms. The number of hydrogen-bond donors (Lipinski definition) is 1. The molecule has 0 unspecified atom stereocenters. The normalized spacial score (nSPS) is 15.6. The first-order valence-electron chi connectivity index (χ1n) is 6.16. The Morgan fingerprint density at radius 3 is 2.67 bits per heavy atom. The molecule has 1 saturated heterocycles. The molecule has 0 bridgehead atoms. The summed E-state index contributed by atoms with van der Waals surface area (Å²) in [5.74, 6) is 0.264. The van der Waals surface area contributed by atoms with Gasteiger partial charge in [-0.3, -0.25) is 0 Å². The number of amides is 1. The van der Waals surface area contributed by atoms with Gasteiger partial charge in [-0.05, 0) is 19.1 Å². The van der Waals surface area contributed by atoms with Crippen LogP contribution in [0.15, 0.2) is 24.3 Å². The number of phenols is 1. The Hall–Kier alpha value is -1.91. The van der Waals surface area contributed by atoms with E-state index in [2.05, 4.69) is 4.90 Å². The maximum absolute atomic E-state index is 11.5. The van der Waals surface area contributed by atoms with Crippen LogP contribution in [0.5, 0.6) is 5.75 Å². The first kappa shape index (κ1) is 12.5. The van der Waals surface area contributed by atoms with Crippen LogP contribution in [0.3, 0.4) is 0 Å². The summed E-state index contributed by atoms with van der Waals surface area (Å²) in [4.78, 5) is 15.4. The van der Waals surface area contributed by atoms with Gasteiger partial charge in [0.2, 0.25) is 0 Å². The topological polar surface area (TPSA) is 53.0 Å². The molecule has 1 aliphatic heterocycles. The van der Waals surface area contributed by atoms with Crippen LogP contribution >= 0.6 is 0 Å². The minimum absolute atomic E-state index is 0.243. The average molecular weight is 250 g/mol. The zero-order valence-electron chi connectivity index (χ0n) is 10.5. The summed E-state index contributed by atoms with van der Waals surface area (Å²) in [6, 6.07) is 7.17. The first-order valence-corrected chi connectivity index (χ1v) is 6.16. The molecule has 0 atom stereocenters. The maximum atomic E-state index is 11.5. The van der Waals surface area contributed by atoms with Crippen molar-refractivity contribution in [2.45, 2.75) is 6.92 Å². The highest BCUT2D eigenvalue weighted by Crippen LogP contribution is 2.21. The number of phenolic OH excluding ortho intramolecular Hbond substituents is 1. The minimum atomic E-state index is -0.243. The molecular weight excluding hydrogens is 232 g/mol. The molecule has 0 aliphatic carbocycles. The number of aromatic hydroxyl groups is 1. The van der Waals surface area contributed by atoms with Gasteiger partial charge in [-0.2, -0.15) is 0 Å². The van der Waals surface area contributed by atoms with Crippen molar-refractivity contribution in [1.29, 1.82) is 0 Å². The first-order chi connectivity index (χ1) is 8.70. The summed E-state index contributed by atoms with van der Waals surface area (Å²) in [6.45, 7) is 5.01. The summed E-state index contributed by atoms with van der Waals surface area (Å²) in [6.07, 6.45) is -0.243. The Labute approximate surface area is 107 Å². The van der Waals surface area contributed by atoms with E-state index in [4.69, 9.17) is 4.74 Å². The van der Waals surface area contributed by atoms with E-state index in [1.165, 1.54) is 0 Å². The van der Waals surface area contributed by atoms with Gasteiger partial charge in [0.05, 0.1) is 6.61 Å². The fourth-order valence-corrected chi connectivity index (χ4v) is 2.05. The number of benzene rings is 1. The molecule has 1 N–H and O–H groups in total. The third-order valence-corrected chi connectivity index (χ3v) is 3.00. The van der Waals surface area contributed by atoms with Crippen molar-refractivity contribution in [2.24, 2.45) is 0 Å². The molecule has 0 aromatic heterocycles. The standard InChI is InChI=1S/C13H18N2O3/c1-2-18-13(17)15-8-6-14(7-9-15)11-4-3-5-12(16)10-11/h3-5,10,16H,2,6-9H2,1H3. The van der Waals surface area contributed by atoms with Crippen LogP contribution in [0, 0.1) is 0 Å². The number of hydrogen-bond acceptors (Lipinski definition) is 4. The van der Waals surface area contributed by atoms with Gasteiger partial charge in [-0.1, -0.05) is 6.07 Å². The average Bonchev–Trinajstić information content (AvgIpc) is 2.39. The SMILES string of the molecule is CCOC(=O)N1CCN(c2cccc(O)c2)CC1. The van der Waals surface area contributed by atoms with Crippen LogP contribution in [0.2, 0.25) is 0 Å². The Morgan fingerprint density at radius 1 is 1.33 bits per heavy atom. The van der Waals surface area contributed by atoms with Crippen LogP contribution in [0.25, 0.3) is 0 Å². The van der Waals surface area contributed by atoms with Crippen LogP contribution in [-0.2, 0) is 4.74 Å². The number of carbonyl (C=O) groups excluding carboxylic acids is 1. The van der Waals surface area contributed by atoms with Crippen molar-refractivity contribution in [3.63, 3.8) is 0 Å². The molecule has 18 heavy (non-hydrogen) atoms. The van der Waals surface area contributed by atoms with Gasteiger partial charge in [0, 0.05) is 37.9 Å². The Bertz CT molecular complexity index is 414. The van der Waals surface area contributed by atoms with Crippen molar-refractivity contribution in [3.8, 4) is 5.75 Å². The van der Waals surface area contributed by atoms with E-state index in [0.29, 0.717) is 19.7 Å². The second kappa shape index (κ2) is 5.62. The van der Waals surface area contributed by atoms with Gasteiger partial charge < -0.3 is 19.6 Å². The van der Waals surface area contributed by atoms with Crippen LogP contribution in [0.1, 0.15) is 6.92 Å². The summed E-state index contributed by atoms with van der Waals surface area (Å²) >= 11 is 0. The molecule has 1 fully saturated rings. The van der Waals surface area contributed by atoms with Gasteiger partial charge >= 0.3 is 6.09 Å². The van der Waals surface area contributed by atoms with Crippen LogP contribution in [0.4, 0.5) is 10.5 Å². The van der Waals surface area contributed by atoms with Gasteiger partial charge in [-0.15, -0.1) is 0 Å². The van der Waals surface area contributed by atoms with Gasteiger partial charge in [0.1, 0.15) is 5.75 Å². The van der Waals surface area contributed by atoms with Crippen LogP contribution in [-0.4, -0.2) is 48.9 Å². The summed E-state index contributed by atoms with van der Waals surface area (Å²) in [7, 11) is 0. The molecule has 1 aliphatic rings. The second-order valence-electron chi connectivity index (χ2n) is 4.19. The van der Waals surface area contributed by atoms with Crippen molar-refractivity contribution in [3.05, 3.63) is 24.3 Å². The molecule has 1 heterocycles. The van der Waals surface area contributed by atoms with Crippen molar-refractivity contribution in [1.82, 2.24) is 4.90 Å². The lowest BCUT2D eigenvalue weighted by atomic mass is 10.2. The fourth-order valence-electron chi connectivity index (χ4n) is 2.05. The number of ether oxygens (including phenoxy) is 1. The highest BCUT2D eigenvalue weighted by molar-refractivity contribution is 5.68. The molecule has 0 spiro atoms. The molecule has 2 rings (SSSR count). The zero-order chi connectivity index (χ0) is 13.0. The minimum Gasteiger partial charge on any atom is -0.508 e. The van der Waals surface area contributed by atoms with Crippen LogP contribution < -0.4 is 4.90 Å². The molecule has 5 nitrogen and oxygen atoms in total. The van der Waals surface area contributed by atoms with E-state index in [1.54, 1.807) is 24.0 Å². The van der Waals surface area contributed by atoms with Crippen molar-refractivity contribution < 1.29 is 14.6 Å². The highest BCUT2D eigenvalue weighted by Gasteiger charge is 2.21. The molecule has 0 saturated carbocycles. The largest absolute Gasteiger partial charge is 0.508 e. The summed E-state index contributed by atoms with van der Waals surface area (Å²) in [5, 5.41) is 9.44. The van der Waals surface area contributed by atoms with Gasteiger partial charge in [-0.25, -0.2) is 4.79 Å². The third kappa shape index (κ3) is 2.85. The second-order valence-corrected chi connectivity index (χ2v) is 4.19. The smallest absolute Gasteiger partial charge is 0.409 e. The van der Waals surface area contributed by atoms with Gasteiger partial charge in [0.15, 0.2) is 0 Å². The lowest BCUT2D eigenvalue weighted by Gasteiger charge is -2.35. The number of piperazine rings is 1. The van der Waals surface area contributed by atoms with E-state index in [9.17, 15) is 9.90 Å². The van der Waals surface area contributed by atoms with E-state index in [1.807, 2.05) is 12.1 Å². The summed E-state index contributed by atoms with van der Waals surface area (Å²) < 4.78 is 4.97. The number of nitrogens with zero attached hydrogens (tertiary/aromatic N) is 2. The lowest BCUT2D eigenvalue weighted by molar-refractivity contribution is 0.105. The monoisotopic (exact) mass is 250 g/mol. The molecule has 1 amide bonds. The van der Waals surface area contributed by atoms with Gasteiger partial charge in [0.25, 0.3) is 0 Å². The Balaban J connectivity index is 1.92.